The van der Waals surface area contributed by atoms with Gasteiger partial charge in [0.2, 0.25) is 17.6 Å². The van der Waals surface area contributed by atoms with Crippen LogP contribution in [-0.2, 0) is 30.5 Å². The highest BCUT2D eigenvalue weighted by Gasteiger charge is 2.31. The first-order chi connectivity index (χ1) is 18.2. The Labute approximate surface area is 221 Å². The van der Waals surface area contributed by atoms with Gasteiger partial charge < -0.3 is 30.5 Å². The van der Waals surface area contributed by atoms with Crippen LogP contribution in [0.25, 0.3) is 0 Å². The SMILES string of the molecule is CCCC[C@H](NC(=O)[C@H](COC)NC(=O)[C@H](C)NC(=O)c1cc(C)on1)C(=O)C(=O)NCc1ccccc1. The standard InChI is InChI=1S/C26H35N5O7/c1-5-6-12-19(22(32)26(36)27-14-18-10-8-7-9-11-18)29-25(35)21(15-37-4)30-23(33)17(3)28-24(34)20-13-16(2)38-31-20/h7-11,13,17,19,21H,5-6,12,14-15H2,1-4H3,(H,27,36)(H,28,34)(H,29,35)(H,30,33)/t17-,19-,21-/m0/s1. The van der Waals surface area contributed by atoms with E-state index in [-0.39, 0.29) is 25.3 Å². The predicted octanol–water partition coefficient (Wildman–Crippen LogP) is 0.793. The molecule has 2 rings (SSSR count). The molecule has 0 fully saturated rings. The Morgan fingerprint density at radius 3 is 2.29 bits per heavy atom. The molecular formula is C26H35N5O7. The normalized spacial score (nSPS) is 13.1. The van der Waals surface area contributed by atoms with E-state index in [4.69, 9.17) is 9.26 Å². The van der Waals surface area contributed by atoms with Crippen molar-refractivity contribution in [1.29, 1.82) is 0 Å². The number of unbranched alkanes of at least 4 members (excludes halogenated alkanes) is 1. The van der Waals surface area contributed by atoms with Crippen molar-refractivity contribution in [2.45, 2.75) is 64.7 Å². The number of rotatable bonds is 15. The van der Waals surface area contributed by atoms with E-state index in [1.807, 2.05) is 37.3 Å². The number of Topliss-reactive ketones (excluding diaryl/α,β-unsaturated/α-hetero) is 1. The zero-order chi connectivity index (χ0) is 28.1. The first-order valence-electron chi connectivity index (χ1n) is 12.4. The smallest absolute Gasteiger partial charge is 0.289 e. The highest BCUT2D eigenvalue weighted by atomic mass is 16.5. The second kappa shape index (κ2) is 15.3. The number of methoxy groups -OCH3 is 1. The molecule has 0 aliphatic carbocycles. The molecule has 0 radical (unpaired) electrons. The molecule has 0 aliphatic heterocycles. The van der Waals surface area contributed by atoms with Crippen LogP contribution in [0.5, 0.6) is 0 Å². The van der Waals surface area contributed by atoms with Gasteiger partial charge in [-0.25, -0.2) is 0 Å². The van der Waals surface area contributed by atoms with Gasteiger partial charge in [0, 0.05) is 19.7 Å². The summed E-state index contributed by atoms with van der Waals surface area (Å²) in [5, 5.41) is 13.7. The molecule has 3 atom stereocenters. The number of aromatic nitrogens is 1. The summed E-state index contributed by atoms with van der Waals surface area (Å²) in [6, 6.07) is 7.25. The number of nitrogens with one attached hydrogen (secondary N) is 4. The molecule has 206 valence electrons. The summed E-state index contributed by atoms with van der Waals surface area (Å²) in [7, 11) is 1.35. The molecule has 0 bridgehead atoms. The van der Waals surface area contributed by atoms with Crippen molar-refractivity contribution in [1.82, 2.24) is 26.4 Å². The molecule has 1 heterocycles. The topological polar surface area (TPSA) is 169 Å². The van der Waals surface area contributed by atoms with E-state index in [0.29, 0.717) is 12.2 Å². The minimum Gasteiger partial charge on any atom is -0.382 e. The van der Waals surface area contributed by atoms with Crippen molar-refractivity contribution in [3.05, 3.63) is 53.4 Å². The van der Waals surface area contributed by atoms with Gasteiger partial charge in [-0.15, -0.1) is 0 Å². The largest absolute Gasteiger partial charge is 0.382 e. The molecule has 0 saturated carbocycles. The zero-order valence-electron chi connectivity index (χ0n) is 22.0. The Kier molecular flexibility index (Phi) is 12.1. The molecule has 0 spiro atoms. The van der Waals surface area contributed by atoms with Crippen molar-refractivity contribution in [3.63, 3.8) is 0 Å². The van der Waals surface area contributed by atoms with Gasteiger partial charge in [0.05, 0.1) is 12.6 Å². The van der Waals surface area contributed by atoms with Gasteiger partial charge in [-0.3, -0.25) is 24.0 Å². The molecular weight excluding hydrogens is 494 g/mol. The summed E-state index contributed by atoms with van der Waals surface area (Å²) < 4.78 is 9.93. The van der Waals surface area contributed by atoms with Crippen LogP contribution in [-0.4, -0.2) is 66.4 Å². The molecule has 2 aromatic rings. The molecule has 38 heavy (non-hydrogen) atoms. The zero-order valence-corrected chi connectivity index (χ0v) is 22.0. The molecule has 0 saturated heterocycles. The van der Waals surface area contributed by atoms with E-state index in [2.05, 4.69) is 26.4 Å². The lowest BCUT2D eigenvalue weighted by atomic mass is 10.0. The fourth-order valence-electron chi connectivity index (χ4n) is 3.43. The van der Waals surface area contributed by atoms with Gasteiger partial charge >= 0.3 is 0 Å². The van der Waals surface area contributed by atoms with E-state index in [1.54, 1.807) is 6.92 Å². The van der Waals surface area contributed by atoms with Gasteiger partial charge in [0.15, 0.2) is 5.69 Å². The molecule has 1 aromatic carbocycles. The molecule has 0 unspecified atom stereocenters. The molecule has 12 nitrogen and oxygen atoms in total. The Hall–Kier alpha value is -4.06. The maximum absolute atomic E-state index is 13.0. The Morgan fingerprint density at radius 2 is 1.68 bits per heavy atom. The lowest BCUT2D eigenvalue weighted by Gasteiger charge is -2.23. The second-order valence-corrected chi connectivity index (χ2v) is 8.77. The highest BCUT2D eigenvalue weighted by molar-refractivity contribution is 6.38. The Morgan fingerprint density at radius 1 is 1.00 bits per heavy atom. The summed E-state index contributed by atoms with van der Waals surface area (Å²) in [5.74, 6) is -3.14. The Bertz CT molecular complexity index is 1100. The number of carbonyl (C=O) groups is 5. The van der Waals surface area contributed by atoms with Crippen LogP contribution < -0.4 is 21.3 Å². The van der Waals surface area contributed by atoms with Crippen LogP contribution in [0.4, 0.5) is 0 Å². The second-order valence-electron chi connectivity index (χ2n) is 8.77. The van der Waals surface area contributed by atoms with Crippen LogP contribution >= 0.6 is 0 Å². The maximum Gasteiger partial charge on any atom is 0.289 e. The molecule has 1 aromatic heterocycles. The lowest BCUT2D eigenvalue weighted by Crippen LogP contribution is -2.57. The maximum atomic E-state index is 13.0. The third kappa shape index (κ3) is 9.43. The van der Waals surface area contributed by atoms with E-state index < -0.39 is 47.5 Å². The number of ketones is 1. The van der Waals surface area contributed by atoms with Crippen molar-refractivity contribution in [2.75, 3.05) is 13.7 Å². The third-order valence-electron chi connectivity index (χ3n) is 5.57. The van der Waals surface area contributed by atoms with Crippen molar-refractivity contribution >= 4 is 29.4 Å². The highest BCUT2D eigenvalue weighted by Crippen LogP contribution is 2.05. The Balaban J connectivity index is 2.00. The van der Waals surface area contributed by atoms with Gasteiger partial charge in [0.1, 0.15) is 17.8 Å². The number of hydrogen-bond donors (Lipinski definition) is 4. The van der Waals surface area contributed by atoms with Crippen LogP contribution in [0.3, 0.4) is 0 Å². The molecule has 0 aliphatic rings. The van der Waals surface area contributed by atoms with Crippen molar-refractivity contribution in [2.24, 2.45) is 0 Å². The summed E-state index contributed by atoms with van der Waals surface area (Å²) in [4.78, 5) is 63.4. The van der Waals surface area contributed by atoms with E-state index in [9.17, 15) is 24.0 Å². The monoisotopic (exact) mass is 529 g/mol. The number of benzene rings is 1. The summed E-state index contributed by atoms with van der Waals surface area (Å²) >= 11 is 0. The number of hydrogen-bond acceptors (Lipinski definition) is 8. The van der Waals surface area contributed by atoms with E-state index >= 15 is 0 Å². The van der Waals surface area contributed by atoms with Gasteiger partial charge in [-0.05, 0) is 25.8 Å². The van der Waals surface area contributed by atoms with Gasteiger partial charge in [-0.1, -0.05) is 55.3 Å². The molecule has 12 heteroatoms. The van der Waals surface area contributed by atoms with E-state index in [1.165, 1.54) is 20.1 Å². The third-order valence-corrected chi connectivity index (χ3v) is 5.57. The first kappa shape index (κ1) is 30.2. The number of carbonyl (C=O) groups excluding carboxylic acids is 5. The fourth-order valence-corrected chi connectivity index (χ4v) is 3.43. The van der Waals surface area contributed by atoms with Crippen LogP contribution in [0.2, 0.25) is 0 Å². The van der Waals surface area contributed by atoms with Crippen molar-refractivity contribution in [3.8, 4) is 0 Å². The van der Waals surface area contributed by atoms with Crippen LogP contribution in [0.15, 0.2) is 40.9 Å². The quantitative estimate of drug-likeness (QED) is 0.246. The number of ether oxygens (including phenoxy) is 1. The summed E-state index contributed by atoms with van der Waals surface area (Å²) in [6.45, 7) is 4.95. The average molecular weight is 530 g/mol. The van der Waals surface area contributed by atoms with Gasteiger partial charge in [-0.2, -0.15) is 0 Å². The summed E-state index contributed by atoms with van der Waals surface area (Å²) in [5.41, 5.74) is 0.835. The number of aryl methyl sites for hydroxylation is 1. The molecule has 4 N–H and O–H groups in total. The van der Waals surface area contributed by atoms with Crippen LogP contribution in [0, 0.1) is 6.92 Å². The predicted molar refractivity (Wildman–Crippen MR) is 137 cm³/mol. The van der Waals surface area contributed by atoms with Gasteiger partial charge in [0.25, 0.3) is 11.8 Å². The molecule has 4 amide bonds. The minimum atomic E-state index is -1.18. The lowest BCUT2D eigenvalue weighted by molar-refractivity contribution is -0.141. The van der Waals surface area contributed by atoms with Crippen molar-refractivity contribution < 1.29 is 33.2 Å². The minimum absolute atomic E-state index is 0.0103. The number of amides is 4. The average Bonchev–Trinajstić information content (AvgIpc) is 3.35. The number of nitrogens with zero attached hydrogens (tertiary/aromatic N) is 1. The van der Waals surface area contributed by atoms with Crippen LogP contribution in [0.1, 0.15) is 54.9 Å². The summed E-state index contributed by atoms with van der Waals surface area (Å²) in [6.07, 6.45) is 1.58. The first-order valence-corrected chi connectivity index (χ1v) is 12.4. The van der Waals surface area contributed by atoms with E-state index in [0.717, 1.165) is 12.0 Å². The fraction of sp³-hybridized carbons (Fsp3) is 0.462.